The number of ether oxygens (including phenoxy) is 1. The number of aliphatic carboxylic acids is 1. The van der Waals surface area contributed by atoms with Crippen molar-refractivity contribution >= 4 is 16.9 Å². The van der Waals surface area contributed by atoms with E-state index < -0.39 is 5.97 Å². The van der Waals surface area contributed by atoms with E-state index in [2.05, 4.69) is 4.98 Å². The first-order valence-electron chi connectivity index (χ1n) is 7.40. The molecule has 0 unspecified atom stereocenters. The standard InChI is InChI=1S/C19H17NO3/c1-13-10-15(17-4-2-3-5-18(17)20-13)12-23-16-8-6-14(7-9-16)11-19(21)22/h2-10H,11-12H2,1H3,(H,21,22). The van der Waals surface area contributed by atoms with E-state index in [4.69, 9.17) is 9.84 Å². The number of carbonyl (C=O) groups is 1. The number of benzene rings is 2. The molecule has 0 fully saturated rings. The lowest BCUT2D eigenvalue weighted by atomic mass is 10.1. The molecule has 0 radical (unpaired) electrons. The number of pyridine rings is 1. The average Bonchev–Trinajstić information content (AvgIpc) is 2.53. The van der Waals surface area contributed by atoms with Gasteiger partial charge in [-0.1, -0.05) is 30.3 Å². The third kappa shape index (κ3) is 3.66. The minimum Gasteiger partial charge on any atom is -0.489 e. The second-order valence-corrected chi connectivity index (χ2v) is 5.44. The van der Waals surface area contributed by atoms with E-state index in [-0.39, 0.29) is 6.42 Å². The van der Waals surface area contributed by atoms with Crippen LogP contribution in [0.1, 0.15) is 16.8 Å². The summed E-state index contributed by atoms with van der Waals surface area (Å²) in [6.45, 7) is 2.42. The van der Waals surface area contributed by atoms with Crippen molar-refractivity contribution in [2.75, 3.05) is 0 Å². The zero-order chi connectivity index (χ0) is 16.2. The second kappa shape index (κ2) is 6.48. The van der Waals surface area contributed by atoms with Crippen molar-refractivity contribution in [3.63, 3.8) is 0 Å². The maximum Gasteiger partial charge on any atom is 0.307 e. The summed E-state index contributed by atoms with van der Waals surface area (Å²) in [4.78, 5) is 15.2. The normalized spacial score (nSPS) is 10.7. The molecule has 0 saturated carbocycles. The summed E-state index contributed by atoms with van der Waals surface area (Å²) >= 11 is 0. The molecule has 0 amide bonds. The van der Waals surface area contributed by atoms with Crippen LogP contribution < -0.4 is 4.74 Å². The highest BCUT2D eigenvalue weighted by Crippen LogP contribution is 2.21. The van der Waals surface area contributed by atoms with Crippen molar-refractivity contribution in [2.45, 2.75) is 20.0 Å². The van der Waals surface area contributed by atoms with Gasteiger partial charge in [-0.25, -0.2) is 0 Å². The smallest absolute Gasteiger partial charge is 0.307 e. The Labute approximate surface area is 134 Å². The fourth-order valence-corrected chi connectivity index (χ4v) is 2.55. The Hall–Kier alpha value is -2.88. The molecular weight excluding hydrogens is 290 g/mol. The zero-order valence-electron chi connectivity index (χ0n) is 12.8. The van der Waals surface area contributed by atoms with Crippen molar-refractivity contribution in [1.29, 1.82) is 0 Å². The van der Waals surface area contributed by atoms with Crippen LogP contribution in [0, 0.1) is 6.92 Å². The monoisotopic (exact) mass is 307 g/mol. The summed E-state index contributed by atoms with van der Waals surface area (Å²) in [6.07, 6.45) is 0.0223. The van der Waals surface area contributed by atoms with Gasteiger partial charge in [-0.05, 0) is 36.8 Å². The zero-order valence-corrected chi connectivity index (χ0v) is 12.8. The summed E-state index contributed by atoms with van der Waals surface area (Å²) in [7, 11) is 0. The van der Waals surface area contributed by atoms with Crippen LogP contribution in [0.25, 0.3) is 10.9 Å². The first-order chi connectivity index (χ1) is 11.1. The Balaban J connectivity index is 1.77. The molecule has 0 aliphatic heterocycles. The summed E-state index contributed by atoms with van der Waals surface area (Å²) in [5.74, 6) is -0.116. The quantitative estimate of drug-likeness (QED) is 0.780. The molecule has 23 heavy (non-hydrogen) atoms. The van der Waals surface area contributed by atoms with E-state index >= 15 is 0 Å². The van der Waals surface area contributed by atoms with Gasteiger partial charge in [0.15, 0.2) is 0 Å². The molecule has 4 heteroatoms. The molecule has 1 heterocycles. The van der Waals surface area contributed by atoms with Crippen LogP contribution in [0.2, 0.25) is 0 Å². The average molecular weight is 307 g/mol. The Morgan fingerprint density at radius 2 is 1.87 bits per heavy atom. The summed E-state index contributed by atoms with van der Waals surface area (Å²) in [6, 6.07) is 17.2. The topological polar surface area (TPSA) is 59.4 Å². The van der Waals surface area contributed by atoms with Crippen molar-refractivity contribution in [3.8, 4) is 5.75 Å². The van der Waals surface area contributed by atoms with Crippen molar-refractivity contribution < 1.29 is 14.6 Å². The Kier molecular flexibility index (Phi) is 4.24. The molecule has 1 aromatic heterocycles. The third-order valence-electron chi connectivity index (χ3n) is 3.60. The highest BCUT2D eigenvalue weighted by Gasteiger charge is 2.05. The molecule has 1 N–H and O–H groups in total. The number of hydrogen-bond acceptors (Lipinski definition) is 3. The number of carboxylic acid groups (broad SMARTS) is 1. The highest BCUT2D eigenvalue weighted by atomic mass is 16.5. The van der Waals surface area contributed by atoms with Gasteiger partial charge >= 0.3 is 5.97 Å². The van der Waals surface area contributed by atoms with Crippen LogP contribution in [-0.4, -0.2) is 16.1 Å². The van der Waals surface area contributed by atoms with E-state index in [0.29, 0.717) is 6.61 Å². The Morgan fingerprint density at radius 3 is 2.61 bits per heavy atom. The van der Waals surface area contributed by atoms with Crippen molar-refractivity contribution in [3.05, 3.63) is 71.4 Å². The number of fused-ring (bicyclic) bond motifs is 1. The highest BCUT2D eigenvalue weighted by molar-refractivity contribution is 5.82. The lowest BCUT2D eigenvalue weighted by Gasteiger charge is -2.10. The van der Waals surface area contributed by atoms with Crippen LogP contribution in [0.5, 0.6) is 5.75 Å². The Morgan fingerprint density at radius 1 is 1.13 bits per heavy atom. The number of nitrogens with zero attached hydrogens (tertiary/aromatic N) is 1. The predicted molar refractivity (Wildman–Crippen MR) is 88.6 cm³/mol. The van der Waals surface area contributed by atoms with Gasteiger partial charge in [0.05, 0.1) is 11.9 Å². The minimum absolute atomic E-state index is 0.0223. The van der Waals surface area contributed by atoms with Gasteiger partial charge in [0.2, 0.25) is 0 Å². The first kappa shape index (κ1) is 15.0. The SMILES string of the molecule is Cc1cc(COc2ccc(CC(=O)O)cc2)c2ccccc2n1. The molecule has 0 atom stereocenters. The van der Waals surface area contributed by atoms with Gasteiger partial charge in [0.1, 0.15) is 12.4 Å². The van der Waals surface area contributed by atoms with Gasteiger partial charge in [-0.2, -0.15) is 0 Å². The summed E-state index contributed by atoms with van der Waals surface area (Å²) < 4.78 is 5.84. The molecule has 0 aliphatic carbocycles. The number of aromatic nitrogens is 1. The number of hydrogen-bond donors (Lipinski definition) is 1. The van der Waals surface area contributed by atoms with E-state index in [0.717, 1.165) is 33.5 Å². The second-order valence-electron chi connectivity index (χ2n) is 5.44. The molecule has 2 aromatic carbocycles. The maximum atomic E-state index is 10.7. The Bertz CT molecular complexity index is 841. The van der Waals surface area contributed by atoms with Gasteiger partial charge in [-0.3, -0.25) is 9.78 Å². The number of para-hydroxylation sites is 1. The lowest BCUT2D eigenvalue weighted by Crippen LogP contribution is -2.01. The summed E-state index contributed by atoms with van der Waals surface area (Å²) in [5.41, 5.74) is 3.76. The molecule has 0 saturated heterocycles. The molecule has 4 nitrogen and oxygen atoms in total. The van der Waals surface area contributed by atoms with Crippen molar-refractivity contribution in [2.24, 2.45) is 0 Å². The fraction of sp³-hybridized carbons (Fsp3) is 0.158. The summed E-state index contributed by atoms with van der Waals surface area (Å²) in [5, 5.41) is 9.86. The number of carboxylic acids is 1. The largest absolute Gasteiger partial charge is 0.489 e. The van der Waals surface area contributed by atoms with Crippen LogP contribution in [0.3, 0.4) is 0 Å². The van der Waals surface area contributed by atoms with Crippen LogP contribution in [0.15, 0.2) is 54.6 Å². The molecule has 0 aliphatic rings. The van der Waals surface area contributed by atoms with Crippen LogP contribution in [0.4, 0.5) is 0 Å². The van der Waals surface area contributed by atoms with Crippen LogP contribution >= 0.6 is 0 Å². The molecular formula is C19H17NO3. The number of aryl methyl sites for hydroxylation is 1. The van der Waals surface area contributed by atoms with Gasteiger partial charge in [-0.15, -0.1) is 0 Å². The molecule has 3 aromatic rings. The fourth-order valence-electron chi connectivity index (χ4n) is 2.55. The molecule has 0 spiro atoms. The maximum absolute atomic E-state index is 10.7. The van der Waals surface area contributed by atoms with Crippen molar-refractivity contribution in [1.82, 2.24) is 4.98 Å². The predicted octanol–water partition coefficient (Wildman–Crippen LogP) is 3.75. The lowest BCUT2D eigenvalue weighted by molar-refractivity contribution is -0.136. The van der Waals surface area contributed by atoms with Crippen LogP contribution in [-0.2, 0) is 17.8 Å². The molecule has 0 bridgehead atoms. The van der Waals surface area contributed by atoms with E-state index in [1.165, 1.54) is 0 Å². The molecule has 3 rings (SSSR count). The van der Waals surface area contributed by atoms with Gasteiger partial charge in [0, 0.05) is 16.6 Å². The minimum atomic E-state index is -0.836. The number of rotatable bonds is 5. The molecule has 116 valence electrons. The van der Waals surface area contributed by atoms with E-state index in [9.17, 15) is 4.79 Å². The first-order valence-corrected chi connectivity index (χ1v) is 7.40. The van der Waals surface area contributed by atoms with Gasteiger partial charge in [0.25, 0.3) is 0 Å². The third-order valence-corrected chi connectivity index (χ3v) is 3.60. The van der Waals surface area contributed by atoms with Gasteiger partial charge < -0.3 is 9.84 Å². The van der Waals surface area contributed by atoms with E-state index in [1.807, 2.05) is 37.3 Å². The van der Waals surface area contributed by atoms with E-state index in [1.54, 1.807) is 24.3 Å².